The van der Waals surface area contributed by atoms with Gasteiger partial charge in [0.25, 0.3) is 0 Å². The first-order valence-corrected chi connectivity index (χ1v) is 5.96. The summed E-state index contributed by atoms with van der Waals surface area (Å²) in [6, 6.07) is 3.99. The Morgan fingerprint density at radius 1 is 1.50 bits per heavy atom. The summed E-state index contributed by atoms with van der Waals surface area (Å²) in [5.41, 5.74) is 0. The number of nitriles is 1. The molecule has 1 rings (SSSR count). The average molecular weight is 283 g/mol. The van der Waals surface area contributed by atoms with E-state index in [1.165, 1.54) is 0 Å². The summed E-state index contributed by atoms with van der Waals surface area (Å²) in [7, 11) is 1.93. The monoisotopic (exact) mass is 282 g/mol. The van der Waals surface area contributed by atoms with Crippen molar-refractivity contribution in [2.75, 3.05) is 18.5 Å². The van der Waals surface area contributed by atoms with Crippen LogP contribution in [0.2, 0.25) is 0 Å². The van der Waals surface area contributed by atoms with Gasteiger partial charge in [-0.3, -0.25) is 0 Å². The van der Waals surface area contributed by atoms with Crippen LogP contribution in [0.5, 0.6) is 0 Å². The average Bonchev–Trinajstić information content (AvgIpc) is 2.24. The quantitative estimate of drug-likeness (QED) is 0.797. The van der Waals surface area contributed by atoms with E-state index >= 15 is 0 Å². The first kappa shape index (κ1) is 12.9. The molecular weight excluding hydrogens is 268 g/mol. The molecule has 16 heavy (non-hydrogen) atoms. The summed E-state index contributed by atoms with van der Waals surface area (Å²) in [5, 5.41) is 8.54. The van der Waals surface area contributed by atoms with Crippen LogP contribution in [-0.4, -0.2) is 23.6 Å². The second-order valence-corrected chi connectivity index (χ2v) is 4.70. The highest BCUT2D eigenvalue weighted by atomic mass is 79.9. The molecule has 0 amide bonds. The predicted molar refractivity (Wildman–Crippen MR) is 67.3 cm³/mol. The fourth-order valence-corrected chi connectivity index (χ4v) is 1.60. The standard InChI is InChI=1S/C11H15BrN4/c1-8(2)11-14-9(12)7-10(15-11)16(3)6-4-5-13/h7-8H,4,6H2,1-3H3. The van der Waals surface area contributed by atoms with E-state index in [-0.39, 0.29) is 0 Å². The summed E-state index contributed by atoms with van der Waals surface area (Å²) in [5.74, 6) is 1.95. The van der Waals surface area contributed by atoms with Crippen molar-refractivity contribution < 1.29 is 0 Å². The third-order valence-corrected chi connectivity index (χ3v) is 2.57. The van der Waals surface area contributed by atoms with Gasteiger partial charge < -0.3 is 4.90 Å². The third-order valence-electron chi connectivity index (χ3n) is 2.17. The van der Waals surface area contributed by atoms with Crippen LogP contribution in [0.3, 0.4) is 0 Å². The number of nitrogens with zero attached hydrogens (tertiary/aromatic N) is 4. The predicted octanol–water partition coefficient (Wildman–Crippen LogP) is 2.71. The topological polar surface area (TPSA) is 52.8 Å². The summed E-state index contributed by atoms with van der Waals surface area (Å²) >= 11 is 3.37. The van der Waals surface area contributed by atoms with Crippen LogP contribution in [0, 0.1) is 11.3 Å². The van der Waals surface area contributed by atoms with Gasteiger partial charge in [0.2, 0.25) is 0 Å². The normalized spacial score (nSPS) is 10.2. The van der Waals surface area contributed by atoms with Gasteiger partial charge in [0.05, 0.1) is 12.5 Å². The minimum absolute atomic E-state index is 0.292. The largest absolute Gasteiger partial charge is 0.359 e. The van der Waals surface area contributed by atoms with Gasteiger partial charge in [-0.15, -0.1) is 0 Å². The van der Waals surface area contributed by atoms with E-state index in [1.54, 1.807) is 0 Å². The molecule has 0 unspecified atom stereocenters. The van der Waals surface area contributed by atoms with Gasteiger partial charge in [-0.1, -0.05) is 13.8 Å². The lowest BCUT2D eigenvalue weighted by molar-refractivity contribution is 0.757. The summed E-state index contributed by atoms with van der Waals surface area (Å²) in [6.45, 7) is 4.79. The Balaban J connectivity index is 2.92. The molecule has 0 aliphatic heterocycles. The molecular formula is C11H15BrN4. The van der Waals surface area contributed by atoms with Gasteiger partial charge in [0, 0.05) is 25.6 Å². The molecule has 1 aromatic rings. The minimum atomic E-state index is 0.292. The van der Waals surface area contributed by atoms with E-state index in [4.69, 9.17) is 5.26 Å². The van der Waals surface area contributed by atoms with Crippen LogP contribution < -0.4 is 4.90 Å². The highest BCUT2D eigenvalue weighted by molar-refractivity contribution is 9.10. The zero-order chi connectivity index (χ0) is 12.1. The molecule has 0 aliphatic rings. The lowest BCUT2D eigenvalue weighted by Gasteiger charge is -2.18. The van der Waals surface area contributed by atoms with Crippen molar-refractivity contribution in [3.8, 4) is 6.07 Å². The Bertz CT molecular complexity index is 397. The maximum absolute atomic E-state index is 8.54. The molecule has 5 heteroatoms. The highest BCUT2D eigenvalue weighted by Crippen LogP contribution is 2.19. The smallest absolute Gasteiger partial charge is 0.134 e. The molecule has 0 bridgehead atoms. The maximum Gasteiger partial charge on any atom is 0.134 e. The van der Waals surface area contributed by atoms with Crippen molar-refractivity contribution >= 4 is 21.7 Å². The number of hydrogen-bond acceptors (Lipinski definition) is 4. The third kappa shape index (κ3) is 3.46. The zero-order valence-corrected chi connectivity index (χ0v) is 11.3. The van der Waals surface area contributed by atoms with E-state index in [0.29, 0.717) is 18.9 Å². The molecule has 1 aromatic heterocycles. The van der Waals surface area contributed by atoms with Crippen molar-refractivity contribution in [3.05, 3.63) is 16.5 Å². The molecule has 0 atom stereocenters. The van der Waals surface area contributed by atoms with Gasteiger partial charge in [-0.05, 0) is 15.9 Å². The lowest BCUT2D eigenvalue weighted by Crippen LogP contribution is -2.20. The highest BCUT2D eigenvalue weighted by Gasteiger charge is 2.09. The van der Waals surface area contributed by atoms with Crippen molar-refractivity contribution in [1.82, 2.24) is 9.97 Å². The summed E-state index contributed by atoms with van der Waals surface area (Å²) in [4.78, 5) is 10.7. The van der Waals surface area contributed by atoms with Gasteiger partial charge in [0.15, 0.2) is 0 Å². The lowest BCUT2D eigenvalue weighted by atomic mass is 10.2. The van der Waals surface area contributed by atoms with Crippen molar-refractivity contribution in [3.63, 3.8) is 0 Å². The Hall–Kier alpha value is -1.15. The first-order chi connectivity index (χ1) is 7.54. The molecule has 0 radical (unpaired) electrons. The Morgan fingerprint density at radius 2 is 2.19 bits per heavy atom. The number of halogens is 1. The second-order valence-electron chi connectivity index (χ2n) is 3.89. The van der Waals surface area contributed by atoms with E-state index in [9.17, 15) is 0 Å². The number of anilines is 1. The van der Waals surface area contributed by atoms with Crippen molar-refractivity contribution in [2.45, 2.75) is 26.2 Å². The molecule has 1 heterocycles. The molecule has 86 valence electrons. The van der Waals surface area contributed by atoms with E-state index < -0.39 is 0 Å². The van der Waals surface area contributed by atoms with Crippen LogP contribution >= 0.6 is 15.9 Å². The summed E-state index contributed by atoms with van der Waals surface area (Å²) in [6.07, 6.45) is 0.495. The van der Waals surface area contributed by atoms with Crippen LogP contribution in [0.25, 0.3) is 0 Å². The number of hydrogen-bond donors (Lipinski definition) is 0. The van der Waals surface area contributed by atoms with Gasteiger partial charge >= 0.3 is 0 Å². The Kier molecular flexibility index (Phi) is 4.69. The van der Waals surface area contributed by atoms with Crippen molar-refractivity contribution in [2.24, 2.45) is 0 Å². The minimum Gasteiger partial charge on any atom is -0.359 e. The molecule has 0 N–H and O–H groups in total. The molecule has 0 spiro atoms. The SMILES string of the molecule is CC(C)c1nc(Br)cc(N(C)CCC#N)n1. The van der Waals surface area contributed by atoms with Gasteiger partial charge in [-0.25, -0.2) is 9.97 Å². The van der Waals surface area contributed by atoms with Crippen LogP contribution in [0.1, 0.15) is 32.0 Å². The maximum atomic E-state index is 8.54. The molecule has 4 nitrogen and oxygen atoms in total. The second kappa shape index (κ2) is 5.80. The molecule has 0 aliphatic carbocycles. The number of rotatable bonds is 4. The Labute approximate surface area is 104 Å². The van der Waals surface area contributed by atoms with Crippen LogP contribution in [0.15, 0.2) is 10.7 Å². The zero-order valence-electron chi connectivity index (χ0n) is 9.74. The van der Waals surface area contributed by atoms with Crippen LogP contribution in [0.4, 0.5) is 5.82 Å². The van der Waals surface area contributed by atoms with E-state index in [2.05, 4.69) is 45.8 Å². The fourth-order valence-electron chi connectivity index (χ4n) is 1.21. The molecule has 0 fully saturated rings. The van der Waals surface area contributed by atoms with Gasteiger partial charge in [0.1, 0.15) is 16.2 Å². The van der Waals surface area contributed by atoms with Gasteiger partial charge in [-0.2, -0.15) is 5.26 Å². The molecule has 0 saturated heterocycles. The first-order valence-electron chi connectivity index (χ1n) is 5.17. The molecule has 0 saturated carbocycles. The van der Waals surface area contributed by atoms with Crippen LogP contribution in [-0.2, 0) is 0 Å². The molecule has 0 aromatic carbocycles. The van der Waals surface area contributed by atoms with E-state index in [1.807, 2.05) is 18.0 Å². The number of aromatic nitrogens is 2. The van der Waals surface area contributed by atoms with Crippen molar-refractivity contribution in [1.29, 1.82) is 5.26 Å². The Morgan fingerprint density at radius 3 is 2.75 bits per heavy atom. The summed E-state index contributed by atoms with van der Waals surface area (Å²) < 4.78 is 0.782. The van der Waals surface area contributed by atoms with E-state index in [0.717, 1.165) is 16.2 Å². The fraction of sp³-hybridized carbons (Fsp3) is 0.545.